The van der Waals surface area contributed by atoms with E-state index in [0.717, 1.165) is 35.8 Å². The molecule has 88 valence electrons. The molecule has 0 bridgehead atoms. The molecule has 3 nitrogen and oxygen atoms in total. The van der Waals surface area contributed by atoms with Crippen LogP contribution in [-0.2, 0) is 0 Å². The molecule has 2 N–H and O–H groups in total. The van der Waals surface area contributed by atoms with Crippen molar-refractivity contribution in [2.75, 3.05) is 13.2 Å². The Balaban J connectivity index is 2.40. The molecular formula is C12H16BrNO2. The summed E-state index contributed by atoms with van der Waals surface area (Å²) in [7, 11) is 0. The van der Waals surface area contributed by atoms with Gasteiger partial charge in [0.15, 0.2) is 0 Å². The van der Waals surface area contributed by atoms with Gasteiger partial charge in [-0.25, -0.2) is 0 Å². The minimum Gasteiger partial charge on any atom is -0.507 e. The molecule has 1 aromatic carbocycles. The predicted octanol–water partition coefficient (Wildman–Crippen LogP) is 2.74. The fourth-order valence-corrected chi connectivity index (χ4v) is 1.66. The molecule has 0 fully saturated rings. The molecular weight excluding hydrogens is 270 g/mol. The van der Waals surface area contributed by atoms with Crippen LogP contribution < -0.4 is 0 Å². The first-order valence-corrected chi connectivity index (χ1v) is 6.12. The van der Waals surface area contributed by atoms with E-state index in [4.69, 9.17) is 5.11 Å². The van der Waals surface area contributed by atoms with Gasteiger partial charge in [-0.15, -0.1) is 0 Å². The summed E-state index contributed by atoms with van der Waals surface area (Å²) in [5, 5.41) is 18.1. The van der Waals surface area contributed by atoms with Gasteiger partial charge in [-0.3, -0.25) is 4.99 Å². The second-order valence-electron chi connectivity index (χ2n) is 3.52. The van der Waals surface area contributed by atoms with Gasteiger partial charge in [-0.05, 0) is 37.5 Å². The van der Waals surface area contributed by atoms with E-state index in [0.29, 0.717) is 0 Å². The first-order chi connectivity index (χ1) is 7.74. The largest absolute Gasteiger partial charge is 0.507 e. The van der Waals surface area contributed by atoms with E-state index < -0.39 is 0 Å². The topological polar surface area (TPSA) is 52.8 Å². The highest BCUT2D eigenvalue weighted by molar-refractivity contribution is 9.10. The molecule has 0 aliphatic heterocycles. The van der Waals surface area contributed by atoms with E-state index in [2.05, 4.69) is 20.9 Å². The van der Waals surface area contributed by atoms with E-state index in [1.807, 2.05) is 6.07 Å². The molecule has 0 spiro atoms. The van der Waals surface area contributed by atoms with E-state index >= 15 is 0 Å². The average Bonchev–Trinajstić information content (AvgIpc) is 2.28. The molecule has 0 aliphatic rings. The highest BCUT2D eigenvalue weighted by atomic mass is 79.9. The highest BCUT2D eigenvalue weighted by Gasteiger charge is 1.97. The van der Waals surface area contributed by atoms with Crippen molar-refractivity contribution >= 4 is 22.1 Å². The molecule has 0 aromatic heterocycles. The molecule has 1 aromatic rings. The van der Waals surface area contributed by atoms with Crippen LogP contribution in [0.4, 0.5) is 0 Å². The first-order valence-electron chi connectivity index (χ1n) is 5.33. The van der Waals surface area contributed by atoms with E-state index in [1.54, 1.807) is 18.3 Å². The summed E-state index contributed by atoms with van der Waals surface area (Å²) in [6.07, 6.45) is 4.46. The van der Waals surface area contributed by atoms with Crippen molar-refractivity contribution < 1.29 is 10.2 Å². The highest BCUT2D eigenvalue weighted by Crippen LogP contribution is 2.20. The Kier molecular flexibility index (Phi) is 6.11. The third-order valence-electron chi connectivity index (χ3n) is 2.17. The van der Waals surface area contributed by atoms with Crippen LogP contribution in [0, 0.1) is 0 Å². The third kappa shape index (κ3) is 4.77. The lowest BCUT2D eigenvalue weighted by Crippen LogP contribution is -1.88. The number of aliphatic imine (C=N–C) groups is 1. The Morgan fingerprint density at radius 2 is 2.06 bits per heavy atom. The monoisotopic (exact) mass is 285 g/mol. The van der Waals surface area contributed by atoms with Crippen LogP contribution in [0.1, 0.15) is 24.8 Å². The average molecular weight is 286 g/mol. The van der Waals surface area contributed by atoms with E-state index in [9.17, 15) is 5.11 Å². The summed E-state index contributed by atoms with van der Waals surface area (Å²) in [6.45, 7) is 0.974. The van der Waals surface area contributed by atoms with Gasteiger partial charge in [-0.1, -0.05) is 15.9 Å². The smallest absolute Gasteiger partial charge is 0.124 e. The Hall–Kier alpha value is -0.870. The Morgan fingerprint density at radius 3 is 2.81 bits per heavy atom. The summed E-state index contributed by atoms with van der Waals surface area (Å²) >= 11 is 3.34. The molecule has 0 atom stereocenters. The Morgan fingerprint density at radius 1 is 1.25 bits per heavy atom. The van der Waals surface area contributed by atoms with Crippen molar-refractivity contribution in [1.29, 1.82) is 0 Å². The number of phenolic OH excluding ortho intramolecular Hbond substituents is 1. The number of aliphatic hydroxyl groups excluding tert-OH is 1. The molecule has 4 heteroatoms. The number of hydrogen-bond donors (Lipinski definition) is 2. The molecule has 0 saturated carbocycles. The molecule has 0 saturated heterocycles. The number of rotatable bonds is 6. The van der Waals surface area contributed by atoms with Gasteiger partial charge in [0, 0.05) is 29.4 Å². The molecule has 0 amide bonds. The minimum absolute atomic E-state index is 0.238. The summed E-state index contributed by atoms with van der Waals surface area (Å²) < 4.78 is 0.923. The summed E-state index contributed by atoms with van der Waals surface area (Å²) in [6, 6.07) is 5.25. The first kappa shape index (κ1) is 13.2. The maximum Gasteiger partial charge on any atom is 0.124 e. The molecule has 16 heavy (non-hydrogen) atoms. The zero-order chi connectivity index (χ0) is 11.8. The number of unbranched alkanes of at least 4 members (excludes halogenated alkanes) is 2. The lowest BCUT2D eigenvalue weighted by molar-refractivity contribution is 0.283. The van der Waals surface area contributed by atoms with Crippen molar-refractivity contribution in [3.8, 4) is 5.75 Å². The predicted molar refractivity (Wildman–Crippen MR) is 69.2 cm³/mol. The second kappa shape index (κ2) is 7.41. The molecule has 0 heterocycles. The fourth-order valence-electron chi connectivity index (χ4n) is 1.28. The quantitative estimate of drug-likeness (QED) is 0.624. The van der Waals surface area contributed by atoms with Gasteiger partial charge in [0.05, 0.1) is 0 Å². The van der Waals surface area contributed by atoms with Gasteiger partial charge in [0.25, 0.3) is 0 Å². The molecule has 0 radical (unpaired) electrons. The maximum absolute atomic E-state index is 9.53. The Bertz CT molecular complexity index is 353. The summed E-state index contributed by atoms with van der Waals surface area (Å²) in [5.41, 5.74) is 0.719. The molecule has 0 aliphatic carbocycles. The van der Waals surface area contributed by atoms with Gasteiger partial charge in [0.1, 0.15) is 5.75 Å². The number of phenols is 1. The van der Waals surface area contributed by atoms with Crippen molar-refractivity contribution in [1.82, 2.24) is 0 Å². The van der Waals surface area contributed by atoms with E-state index in [1.165, 1.54) is 0 Å². The van der Waals surface area contributed by atoms with E-state index in [-0.39, 0.29) is 12.4 Å². The van der Waals surface area contributed by atoms with Crippen molar-refractivity contribution in [2.45, 2.75) is 19.3 Å². The van der Waals surface area contributed by atoms with Crippen LogP contribution in [0.25, 0.3) is 0 Å². The SMILES string of the molecule is OCCCCCN=Cc1cc(Br)ccc1O. The standard InChI is InChI=1S/C12H16BrNO2/c13-11-4-5-12(16)10(8-11)9-14-6-2-1-3-7-15/h4-5,8-9,15-16H,1-3,6-7H2. The normalized spacial score (nSPS) is 11.1. The number of benzene rings is 1. The van der Waals surface area contributed by atoms with Crippen LogP contribution in [0.3, 0.4) is 0 Å². The van der Waals surface area contributed by atoms with Crippen molar-refractivity contribution in [2.24, 2.45) is 4.99 Å². The van der Waals surface area contributed by atoms with Gasteiger partial charge in [0.2, 0.25) is 0 Å². The van der Waals surface area contributed by atoms with Gasteiger partial charge < -0.3 is 10.2 Å². The van der Waals surface area contributed by atoms with Crippen LogP contribution in [0.2, 0.25) is 0 Å². The molecule has 0 unspecified atom stereocenters. The number of hydrogen-bond acceptors (Lipinski definition) is 3. The molecule has 1 rings (SSSR count). The van der Waals surface area contributed by atoms with Gasteiger partial charge in [-0.2, -0.15) is 0 Å². The number of aliphatic hydroxyl groups is 1. The van der Waals surface area contributed by atoms with Crippen LogP contribution in [0.5, 0.6) is 5.75 Å². The minimum atomic E-state index is 0.238. The van der Waals surface area contributed by atoms with Crippen LogP contribution in [0.15, 0.2) is 27.7 Å². The zero-order valence-corrected chi connectivity index (χ0v) is 10.7. The van der Waals surface area contributed by atoms with Crippen LogP contribution in [-0.4, -0.2) is 29.6 Å². The lowest BCUT2D eigenvalue weighted by Gasteiger charge is -1.99. The van der Waals surface area contributed by atoms with Gasteiger partial charge >= 0.3 is 0 Å². The third-order valence-corrected chi connectivity index (χ3v) is 2.66. The maximum atomic E-state index is 9.53. The summed E-state index contributed by atoms with van der Waals surface area (Å²) in [4.78, 5) is 4.23. The number of halogens is 1. The number of aromatic hydroxyl groups is 1. The van der Waals surface area contributed by atoms with Crippen LogP contribution >= 0.6 is 15.9 Å². The lowest BCUT2D eigenvalue weighted by atomic mass is 10.2. The fraction of sp³-hybridized carbons (Fsp3) is 0.417. The number of nitrogens with zero attached hydrogens (tertiary/aromatic N) is 1. The zero-order valence-electron chi connectivity index (χ0n) is 9.06. The van der Waals surface area contributed by atoms with Crippen molar-refractivity contribution in [3.63, 3.8) is 0 Å². The summed E-state index contributed by atoms with van der Waals surface area (Å²) in [5.74, 6) is 0.238. The second-order valence-corrected chi connectivity index (χ2v) is 4.44. The van der Waals surface area contributed by atoms with Crippen molar-refractivity contribution in [3.05, 3.63) is 28.2 Å². The Labute approximate surface area is 104 Å².